The van der Waals surface area contributed by atoms with E-state index in [0.717, 1.165) is 19.3 Å². The van der Waals surface area contributed by atoms with E-state index in [4.69, 9.17) is 5.73 Å². The largest absolute Gasteiger partial charge is 0.481 e. The van der Waals surface area contributed by atoms with E-state index >= 15 is 0 Å². The van der Waals surface area contributed by atoms with Crippen LogP contribution in [-0.2, 0) is 9.59 Å². The molecule has 4 bridgehead atoms. The average Bonchev–Trinajstić information content (AvgIpc) is 2.23. The lowest BCUT2D eigenvalue weighted by atomic mass is 9.41. The first-order valence-electron chi connectivity index (χ1n) is 6.43. The second kappa shape index (κ2) is 3.10. The SMILES string of the molecule is CC(=O)C1(N)C2CC3CC(C2)CC1(C(=O)O)C3. The smallest absolute Gasteiger partial charge is 0.312 e. The highest BCUT2D eigenvalue weighted by Crippen LogP contribution is 2.64. The van der Waals surface area contributed by atoms with E-state index in [1.165, 1.54) is 6.92 Å². The lowest BCUT2D eigenvalue weighted by Gasteiger charge is -2.63. The van der Waals surface area contributed by atoms with Crippen LogP contribution in [0.4, 0.5) is 0 Å². The number of carboxylic acids is 1. The van der Waals surface area contributed by atoms with E-state index in [9.17, 15) is 14.7 Å². The molecule has 3 N–H and O–H groups in total. The first-order valence-corrected chi connectivity index (χ1v) is 6.43. The van der Waals surface area contributed by atoms with Gasteiger partial charge >= 0.3 is 5.97 Å². The number of rotatable bonds is 2. The molecule has 0 spiro atoms. The molecule has 4 saturated carbocycles. The summed E-state index contributed by atoms with van der Waals surface area (Å²) in [5.41, 5.74) is 4.24. The van der Waals surface area contributed by atoms with Crippen LogP contribution in [0.1, 0.15) is 39.0 Å². The maximum Gasteiger partial charge on any atom is 0.312 e. The number of carbonyl (C=O) groups is 2. The number of carboxylic acid groups (broad SMARTS) is 1. The van der Waals surface area contributed by atoms with Gasteiger partial charge in [-0.1, -0.05) is 0 Å². The first-order chi connectivity index (χ1) is 7.90. The molecule has 0 saturated heterocycles. The fourth-order valence-corrected chi connectivity index (χ4v) is 5.04. The van der Waals surface area contributed by atoms with E-state index in [1.54, 1.807) is 0 Å². The summed E-state index contributed by atoms with van der Waals surface area (Å²) in [5, 5.41) is 9.63. The Balaban J connectivity index is 2.14. The van der Waals surface area contributed by atoms with E-state index in [1.807, 2.05) is 0 Å². The van der Waals surface area contributed by atoms with E-state index in [-0.39, 0.29) is 11.7 Å². The zero-order valence-electron chi connectivity index (χ0n) is 10.1. The maximum absolute atomic E-state index is 12.0. The minimum Gasteiger partial charge on any atom is -0.481 e. The summed E-state index contributed by atoms with van der Waals surface area (Å²) in [6.45, 7) is 1.47. The Hall–Kier alpha value is -0.900. The molecule has 0 heterocycles. The molecule has 94 valence electrons. The lowest BCUT2D eigenvalue weighted by Crippen LogP contribution is -2.74. The Labute approximate surface area is 101 Å². The van der Waals surface area contributed by atoms with Crippen LogP contribution in [0, 0.1) is 23.2 Å². The topological polar surface area (TPSA) is 80.4 Å². The molecule has 0 aromatic rings. The molecular weight excluding hydrogens is 218 g/mol. The zero-order valence-corrected chi connectivity index (χ0v) is 10.1. The van der Waals surface area contributed by atoms with Crippen LogP contribution < -0.4 is 5.73 Å². The van der Waals surface area contributed by atoms with Gasteiger partial charge < -0.3 is 10.8 Å². The van der Waals surface area contributed by atoms with Gasteiger partial charge in [0, 0.05) is 0 Å². The second-order valence-electron chi connectivity index (χ2n) is 6.36. The van der Waals surface area contributed by atoms with Gasteiger partial charge in [0.05, 0.1) is 11.0 Å². The summed E-state index contributed by atoms with van der Waals surface area (Å²) in [5.74, 6) is 0.0413. The fourth-order valence-electron chi connectivity index (χ4n) is 5.04. The number of ketones is 1. The standard InChI is InChI=1S/C13H19NO3/c1-7(15)13(14)10-3-8-2-9(4-10)6-12(13,5-8)11(16)17/h8-10H,2-6,14H2,1H3,(H,16,17). The highest BCUT2D eigenvalue weighted by Gasteiger charge is 2.69. The zero-order chi connectivity index (χ0) is 12.4. The fraction of sp³-hybridized carbons (Fsp3) is 0.846. The molecule has 4 aliphatic rings. The Kier molecular flexibility index (Phi) is 2.05. The van der Waals surface area contributed by atoms with Crippen molar-refractivity contribution in [1.82, 2.24) is 0 Å². The molecule has 3 unspecified atom stereocenters. The van der Waals surface area contributed by atoms with Crippen molar-refractivity contribution < 1.29 is 14.7 Å². The van der Waals surface area contributed by atoms with Crippen LogP contribution in [0.5, 0.6) is 0 Å². The molecule has 4 fully saturated rings. The van der Waals surface area contributed by atoms with E-state index in [0.29, 0.717) is 24.7 Å². The highest BCUT2D eigenvalue weighted by molar-refractivity contribution is 5.95. The van der Waals surface area contributed by atoms with Crippen molar-refractivity contribution in [3.05, 3.63) is 0 Å². The predicted molar refractivity (Wildman–Crippen MR) is 61.2 cm³/mol. The number of aliphatic carboxylic acids is 1. The summed E-state index contributed by atoms with van der Waals surface area (Å²) < 4.78 is 0. The third kappa shape index (κ3) is 1.12. The number of Topliss-reactive ketones (excluding diaryl/α,β-unsaturated/α-hetero) is 1. The molecule has 4 rings (SSSR count). The van der Waals surface area contributed by atoms with Crippen LogP contribution in [0.15, 0.2) is 0 Å². The summed E-state index contributed by atoms with van der Waals surface area (Å²) in [7, 11) is 0. The monoisotopic (exact) mass is 237 g/mol. The van der Waals surface area contributed by atoms with Gasteiger partial charge in [0.1, 0.15) is 0 Å². The predicted octanol–water partition coefficient (Wildman–Crippen LogP) is 1.18. The molecule has 0 aromatic heterocycles. The molecule has 3 atom stereocenters. The molecule has 0 aromatic carbocycles. The van der Waals surface area contributed by atoms with Gasteiger partial charge in [-0.05, 0) is 56.8 Å². The van der Waals surface area contributed by atoms with Crippen molar-refractivity contribution in [1.29, 1.82) is 0 Å². The Morgan fingerprint density at radius 1 is 1.18 bits per heavy atom. The summed E-state index contributed by atoms with van der Waals surface area (Å²) in [4.78, 5) is 23.7. The number of hydrogen-bond acceptors (Lipinski definition) is 3. The number of carbonyl (C=O) groups excluding carboxylic acids is 1. The van der Waals surface area contributed by atoms with E-state index < -0.39 is 16.9 Å². The second-order valence-corrected chi connectivity index (χ2v) is 6.36. The van der Waals surface area contributed by atoms with Crippen molar-refractivity contribution in [2.75, 3.05) is 0 Å². The van der Waals surface area contributed by atoms with Crippen molar-refractivity contribution in [2.45, 2.75) is 44.6 Å². The number of nitrogens with two attached hydrogens (primary N) is 1. The molecule has 17 heavy (non-hydrogen) atoms. The molecule has 0 aliphatic heterocycles. The number of hydrogen-bond donors (Lipinski definition) is 2. The molecule has 0 radical (unpaired) electrons. The third-order valence-corrected chi connectivity index (χ3v) is 5.60. The van der Waals surface area contributed by atoms with Gasteiger partial charge in [-0.25, -0.2) is 0 Å². The van der Waals surface area contributed by atoms with Crippen LogP contribution in [0.3, 0.4) is 0 Å². The molecule has 4 heteroatoms. The minimum absolute atomic E-state index is 0.0855. The Morgan fingerprint density at radius 2 is 1.71 bits per heavy atom. The summed E-state index contributed by atoms with van der Waals surface area (Å²) in [6.07, 6.45) is 4.24. The maximum atomic E-state index is 12.0. The van der Waals surface area contributed by atoms with Gasteiger partial charge in [-0.15, -0.1) is 0 Å². The normalized spacial score (nSPS) is 51.5. The molecule has 4 nitrogen and oxygen atoms in total. The van der Waals surface area contributed by atoms with Crippen molar-refractivity contribution in [3.8, 4) is 0 Å². The van der Waals surface area contributed by atoms with Crippen LogP contribution in [0.2, 0.25) is 0 Å². The van der Waals surface area contributed by atoms with E-state index in [2.05, 4.69) is 0 Å². The minimum atomic E-state index is -1.12. The van der Waals surface area contributed by atoms with Crippen molar-refractivity contribution >= 4 is 11.8 Å². The van der Waals surface area contributed by atoms with Gasteiger partial charge in [-0.2, -0.15) is 0 Å². The summed E-state index contributed by atoms with van der Waals surface area (Å²) >= 11 is 0. The van der Waals surface area contributed by atoms with Crippen molar-refractivity contribution in [2.24, 2.45) is 28.9 Å². The van der Waals surface area contributed by atoms with Crippen LogP contribution in [-0.4, -0.2) is 22.4 Å². The average molecular weight is 237 g/mol. The highest BCUT2D eigenvalue weighted by atomic mass is 16.4. The lowest BCUT2D eigenvalue weighted by molar-refractivity contribution is -0.185. The quantitative estimate of drug-likeness (QED) is 0.755. The van der Waals surface area contributed by atoms with Crippen LogP contribution in [0.25, 0.3) is 0 Å². The van der Waals surface area contributed by atoms with Gasteiger partial charge in [-0.3, -0.25) is 9.59 Å². The van der Waals surface area contributed by atoms with Gasteiger partial charge in [0.15, 0.2) is 5.78 Å². The molecule has 0 amide bonds. The Bertz CT molecular complexity index is 391. The van der Waals surface area contributed by atoms with Crippen LogP contribution >= 0.6 is 0 Å². The Morgan fingerprint density at radius 3 is 2.12 bits per heavy atom. The third-order valence-electron chi connectivity index (χ3n) is 5.60. The van der Waals surface area contributed by atoms with Gasteiger partial charge in [0.2, 0.25) is 0 Å². The first kappa shape index (κ1) is 11.2. The van der Waals surface area contributed by atoms with Gasteiger partial charge in [0.25, 0.3) is 0 Å². The van der Waals surface area contributed by atoms with Crippen molar-refractivity contribution in [3.63, 3.8) is 0 Å². The molecule has 4 aliphatic carbocycles. The molecular formula is C13H19NO3. The summed E-state index contributed by atoms with van der Waals surface area (Å²) in [6, 6.07) is 0.